The molecule has 0 aliphatic carbocycles. The van der Waals surface area contributed by atoms with Crippen LogP contribution in [0.4, 0.5) is 10.5 Å². The highest BCUT2D eigenvalue weighted by atomic mass is 16.5. The van der Waals surface area contributed by atoms with Crippen molar-refractivity contribution in [2.24, 2.45) is 0 Å². The molecule has 0 saturated carbocycles. The third-order valence-electron chi connectivity index (χ3n) is 4.76. The van der Waals surface area contributed by atoms with E-state index in [1.807, 2.05) is 55.5 Å². The summed E-state index contributed by atoms with van der Waals surface area (Å²) in [7, 11) is 1.60. The van der Waals surface area contributed by atoms with Crippen molar-refractivity contribution in [2.75, 3.05) is 19.0 Å². The number of hydrogen-bond acceptors (Lipinski definition) is 3. The third kappa shape index (κ3) is 3.51. The Labute approximate surface area is 158 Å². The summed E-state index contributed by atoms with van der Waals surface area (Å²) in [4.78, 5) is 22.6. The van der Waals surface area contributed by atoms with Crippen molar-refractivity contribution in [3.8, 4) is 17.1 Å². The van der Waals surface area contributed by atoms with Crippen molar-refractivity contribution in [3.63, 3.8) is 0 Å². The molecule has 6 nitrogen and oxygen atoms in total. The first-order valence-corrected chi connectivity index (χ1v) is 8.98. The smallest absolute Gasteiger partial charge is 0.322 e. The number of carbonyl (C=O) groups excluding carboxylic acids is 1. The lowest BCUT2D eigenvalue weighted by Crippen LogP contribution is -2.39. The first kappa shape index (κ1) is 17.1. The van der Waals surface area contributed by atoms with E-state index in [4.69, 9.17) is 9.72 Å². The number of anilines is 1. The highest BCUT2D eigenvalue weighted by Gasteiger charge is 2.24. The quantitative estimate of drug-likeness (QED) is 0.740. The van der Waals surface area contributed by atoms with E-state index in [0.717, 1.165) is 34.8 Å². The van der Waals surface area contributed by atoms with Crippen LogP contribution >= 0.6 is 0 Å². The second kappa shape index (κ2) is 7.15. The number of nitrogens with one attached hydrogen (secondary N) is 2. The van der Waals surface area contributed by atoms with Crippen molar-refractivity contribution in [3.05, 3.63) is 65.5 Å². The second-order valence-electron chi connectivity index (χ2n) is 6.68. The minimum absolute atomic E-state index is 0.139. The number of benzene rings is 2. The van der Waals surface area contributed by atoms with Crippen LogP contribution in [-0.4, -0.2) is 34.6 Å². The van der Waals surface area contributed by atoms with Gasteiger partial charge in [-0.3, -0.25) is 0 Å². The van der Waals surface area contributed by atoms with Crippen LogP contribution in [0.3, 0.4) is 0 Å². The zero-order chi connectivity index (χ0) is 18.8. The summed E-state index contributed by atoms with van der Waals surface area (Å²) >= 11 is 0. The molecule has 27 heavy (non-hydrogen) atoms. The number of imidazole rings is 1. The van der Waals surface area contributed by atoms with Crippen LogP contribution in [0.15, 0.2) is 48.5 Å². The van der Waals surface area contributed by atoms with Gasteiger partial charge in [0.25, 0.3) is 0 Å². The van der Waals surface area contributed by atoms with Crippen molar-refractivity contribution < 1.29 is 9.53 Å². The molecule has 0 atom stereocenters. The highest BCUT2D eigenvalue weighted by Crippen LogP contribution is 2.27. The van der Waals surface area contributed by atoms with E-state index in [2.05, 4.69) is 10.3 Å². The SMILES string of the molecule is COc1ccc(C)cc1NC(=O)N1CCc2nc(-c3ccccc3)[nH]c2C1. The van der Waals surface area contributed by atoms with Gasteiger partial charge in [-0.15, -0.1) is 0 Å². The van der Waals surface area contributed by atoms with Gasteiger partial charge in [-0.05, 0) is 24.6 Å². The molecule has 0 unspecified atom stereocenters. The topological polar surface area (TPSA) is 70.2 Å². The Balaban J connectivity index is 1.50. The number of hydrogen-bond donors (Lipinski definition) is 2. The molecule has 6 heteroatoms. The van der Waals surface area contributed by atoms with E-state index in [1.165, 1.54) is 0 Å². The Morgan fingerprint density at radius 1 is 1.22 bits per heavy atom. The number of methoxy groups -OCH3 is 1. The molecule has 1 aliphatic rings. The first-order valence-electron chi connectivity index (χ1n) is 8.98. The molecule has 0 bridgehead atoms. The average molecular weight is 362 g/mol. The van der Waals surface area contributed by atoms with Gasteiger partial charge in [0.15, 0.2) is 0 Å². The minimum Gasteiger partial charge on any atom is -0.495 e. The van der Waals surface area contributed by atoms with E-state index in [9.17, 15) is 4.79 Å². The number of urea groups is 1. The summed E-state index contributed by atoms with van der Waals surface area (Å²) in [5.41, 5.74) is 4.82. The Kier molecular flexibility index (Phi) is 4.54. The fraction of sp³-hybridized carbons (Fsp3) is 0.238. The number of H-pyrrole nitrogens is 1. The number of ether oxygens (including phenoxy) is 1. The van der Waals surface area contributed by atoms with E-state index >= 15 is 0 Å². The number of aromatic nitrogens is 2. The minimum atomic E-state index is -0.139. The van der Waals surface area contributed by atoms with Crippen LogP contribution in [0.1, 0.15) is 17.0 Å². The third-order valence-corrected chi connectivity index (χ3v) is 4.76. The maximum absolute atomic E-state index is 12.8. The average Bonchev–Trinajstić information content (AvgIpc) is 3.12. The number of aromatic amines is 1. The lowest BCUT2D eigenvalue weighted by Gasteiger charge is -2.26. The molecule has 0 fully saturated rings. The van der Waals surface area contributed by atoms with Gasteiger partial charge in [-0.25, -0.2) is 9.78 Å². The van der Waals surface area contributed by atoms with Crippen LogP contribution < -0.4 is 10.1 Å². The van der Waals surface area contributed by atoms with Crippen molar-refractivity contribution in [1.29, 1.82) is 0 Å². The summed E-state index contributed by atoms with van der Waals surface area (Å²) in [5.74, 6) is 1.50. The molecular formula is C21H22N4O2. The van der Waals surface area contributed by atoms with Crippen molar-refractivity contribution >= 4 is 11.7 Å². The lowest BCUT2D eigenvalue weighted by molar-refractivity contribution is 0.205. The van der Waals surface area contributed by atoms with Crippen LogP contribution in [-0.2, 0) is 13.0 Å². The number of amides is 2. The van der Waals surface area contributed by atoms with Gasteiger partial charge in [-0.1, -0.05) is 36.4 Å². The van der Waals surface area contributed by atoms with Gasteiger partial charge in [0.1, 0.15) is 11.6 Å². The van der Waals surface area contributed by atoms with Gasteiger partial charge < -0.3 is 19.9 Å². The predicted molar refractivity (Wildman–Crippen MR) is 105 cm³/mol. The molecule has 2 aromatic carbocycles. The Morgan fingerprint density at radius 3 is 2.81 bits per heavy atom. The number of aryl methyl sites for hydroxylation is 1. The largest absolute Gasteiger partial charge is 0.495 e. The van der Waals surface area contributed by atoms with E-state index in [-0.39, 0.29) is 6.03 Å². The molecule has 0 radical (unpaired) electrons. The highest BCUT2D eigenvalue weighted by molar-refractivity contribution is 5.91. The van der Waals surface area contributed by atoms with Crippen LogP contribution in [0.25, 0.3) is 11.4 Å². The molecule has 3 aromatic rings. The summed E-state index contributed by atoms with van der Waals surface area (Å²) in [6, 6.07) is 15.6. The maximum Gasteiger partial charge on any atom is 0.322 e. The molecule has 138 valence electrons. The summed E-state index contributed by atoms with van der Waals surface area (Å²) in [5, 5.41) is 2.97. The van der Waals surface area contributed by atoms with E-state index in [0.29, 0.717) is 24.5 Å². The molecule has 0 spiro atoms. The summed E-state index contributed by atoms with van der Waals surface area (Å²) < 4.78 is 5.35. The van der Waals surface area contributed by atoms with Gasteiger partial charge in [0, 0.05) is 18.5 Å². The van der Waals surface area contributed by atoms with Crippen molar-refractivity contribution in [1.82, 2.24) is 14.9 Å². The molecule has 1 aromatic heterocycles. The zero-order valence-electron chi connectivity index (χ0n) is 15.5. The molecule has 1 aliphatic heterocycles. The van der Waals surface area contributed by atoms with Gasteiger partial charge >= 0.3 is 6.03 Å². The fourth-order valence-corrected chi connectivity index (χ4v) is 3.31. The van der Waals surface area contributed by atoms with Gasteiger partial charge in [0.05, 0.1) is 30.7 Å². The molecule has 2 heterocycles. The normalized spacial score (nSPS) is 13.2. The van der Waals surface area contributed by atoms with E-state index in [1.54, 1.807) is 12.0 Å². The summed E-state index contributed by atoms with van der Waals surface area (Å²) in [6.07, 6.45) is 0.733. The lowest BCUT2D eigenvalue weighted by atomic mass is 10.1. The monoisotopic (exact) mass is 362 g/mol. The van der Waals surface area contributed by atoms with Crippen LogP contribution in [0.5, 0.6) is 5.75 Å². The molecular weight excluding hydrogens is 340 g/mol. The number of fused-ring (bicyclic) bond motifs is 1. The predicted octanol–water partition coefficient (Wildman–Crippen LogP) is 3.98. The molecule has 2 amide bonds. The maximum atomic E-state index is 12.8. The fourth-order valence-electron chi connectivity index (χ4n) is 3.31. The Bertz CT molecular complexity index is 966. The van der Waals surface area contributed by atoms with Crippen LogP contribution in [0, 0.1) is 6.92 Å². The second-order valence-corrected chi connectivity index (χ2v) is 6.68. The number of rotatable bonds is 3. The number of nitrogens with zero attached hydrogens (tertiary/aromatic N) is 2. The Morgan fingerprint density at radius 2 is 2.04 bits per heavy atom. The zero-order valence-corrected chi connectivity index (χ0v) is 15.5. The van der Waals surface area contributed by atoms with Gasteiger partial charge in [-0.2, -0.15) is 0 Å². The first-order chi connectivity index (χ1) is 13.1. The standard InChI is InChI=1S/C21H22N4O2/c1-14-8-9-19(27-2)17(12-14)24-21(26)25-11-10-16-18(13-25)23-20(22-16)15-6-4-3-5-7-15/h3-9,12H,10-11,13H2,1-2H3,(H,22,23)(H,24,26). The van der Waals surface area contributed by atoms with Crippen molar-refractivity contribution in [2.45, 2.75) is 19.9 Å². The molecule has 0 saturated heterocycles. The van der Waals surface area contributed by atoms with Crippen LogP contribution in [0.2, 0.25) is 0 Å². The molecule has 4 rings (SSSR count). The summed E-state index contributed by atoms with van der Waals surface area (Å²) in [6.45, 7) is 3.12. The molecule has 2 N–H and O–H groups in total. The van der Waals surface area contributed by atoms with E-state index < -0.39 is 0 Å². The Hall–Kier alpha value is -3.28. The van der Waals surface area contributed by atoms with Gasteiger partial charge in [0.2, 0.25) is 0 Å². The number of carbonyl (C=O) groups is 1.